The molecule has 1 aliphatic rings. The first-order valence-corrected chi connectivity index (χ1v) is 9.90. The maximum atomic E-state index is 12.1. The highest BCUT2D eigenvalue weighted by Gasteiger charge is 2.28. The number of phenols is 1. The highest BCUT2D eigenvalue weighted by Crippen LogP contribution is 2.33. The van der Waals surface area contributed by atoms with E-state index in [9.17, 15) is 14.7 Å². The van der Waals surface area contributed by atoms with Crippen molar-refractivity contribution in [3.63, 3.8) is 0 Å². The van der Waals surface area contributed by atoms with Crippen LogP contribution in [-0.2, 0) is 4.79 Å². The zero-order valence-electron chi connectivity index (χ0n) is 18.9. The van der Waals surface area contributed by atoms with Gasteiger partial charge in [-0.05, 0) is 37.5 Å². The first kappa shape index (κ1) is 25.5. The summed E-state index contributed by atoms with van der Waals surface area (Å²) in [6.07, 6.45) is 0.367. The average Bonchev–Trinajstić information content (AvgIpc) is 2.62. The predicted molar refractivity (Wildman–Crippen MR) is 117 cm³/mol. The largest absolute Gasteiger partial charge is 0.505 e. The van der Waals surface area contributed by atoms with Gasteiger partial charge < -0.3 is 20.6 Å². The van der Waals surface area contributed by atoms with Gasteiger partial charge >= 0.3 is 0 Å². The van der Waals surface area contributed by atoms with Crippen LogP contribution in [-0.4, -0.2) is 42.3 Å². The molecule has 0 atom stereocenters. The maximum absolute atomic E-state index is 12.1. The second-order valence-electron chi connectivity index (χ2n) is 7.25. The van der Waals surface area contributed by atoms with E-state index in [0.29, 0.717) is 17.8 Å². The van der Waals surface area contributed by atoms with Crippen LogP contribution in [0.25, 0.3) is 0 Å². The molecule has 0 saturated carbocycles. The number of Topliss-reactive ketones (excluding diaryl/α,β-unsaturated/α-hetero) is 1. The second kappa shape index (κ2) is 12.1. The molecule has 0 heterocycles. The summed E-state index contributed by atoms with van der Waals surface area (Å²) < 4.78 is 0. The van der Waals surface area contributed by atoms with Crippen LogP contribution < -0.4 is 10.6 Å². The Hall–Kier alpha value is -2.50. The van der Waals surface area contributed by atoms with Crippen LogP contribution in [0.3, 0.4) is 0 Å². The molecule has 0 unspecified atom stereocenters. The molecule has 0 saturated heterocycles. The Morgan fingerprint density at radius 2 is 1.75 bits per heavy atom. The molecule has 2 rings (SSSR count). The van der Waals surface area contributed by atoms with Crippen molar-refractivity contribution >= 4 is 17.4 Å². The summed E-state index contributed by atoms with van der Waals surface area (Å²) in [7, 11) is 3.25. The van der Waals surface area contributed by atoms with Crippen molar-refractivity contribution in [1.29, 1.82) is 0 Å². The molecule has 6 heteroatoms. The highest BCUT2D eigenvalue weighted by molar-refractivity contribution is 6.07. The lowest BCUT2D eigenvalue weighted by atomic mass is 9.98. The van der Waals surface area contributed by atoms with Gasteiger partial charge in [0.25, 0.3) is 5.91 Å². The van der Waals surface area contributed by atoms with Gasteiger partial charge in [0.2, 0.25) is 0 Å². The Kier molecular flexibility index (Phi) is 11.0. The van der Waals surface area contributed by atoms with Gasteiger partial charge in [0.05, 0.1) is 17.7 Å². The number of phenolic OH excluding ortho intramolecular Hbond substituents is 1. The smallest absolute Gasteiger partial charge is 0.257 e. The lowest BCUT2D eigenvalue weighted by Crippen LogP contribution is -2.32. The van der Waals surface area contributed by atoms with Crippen molar-refractivity contribution < 1.29 is 14.7 Å². The van der Waals surface area contributed by atoms with E-state index in [0.717, 1.165) is 23.7 Å². The van der Waals surface area contributed by atoms with Gasteiger partial charge in [-0.3, -0.25) is 9.59 Å². The molecule has 1 amide bonds. The standard InChI is InChI=1S/C16H21N3O3.C4H10.C2H6/c1-5-17-11-8-13(20)14(11)18-12-7-9(2)6-10(15(12)21)16(22)19(3)4;1-4(2)3;1-2/h6-7,17-18,21H,5,8H2,1-4H3;4H,1-3H3;1-2H3. The van der Waals surface area contributed by atoms with Crippen LogP contribution in [0.4, 0.5) is 5.69 Å². The summed E-state index contributed by atoms with van der Waals surface area (Å²) in [5, 5.41) is 16.4. The predicted octanol–water partition coefficient (Wildman–Crippen LogP) is 4.30. The number of carbonyl (C=O) groups excluding carboxylic acids is 2. The first-order valence-electron chi connectivity index (χ1n) is 9.90. The van der Waals surface area contributed by atoms with E-state index in [1.165, 1.54) is 4.90 Å². The van der Waals surface area contributed by atoms with E-state index in [-0.39, 0.29) is 23.0 Å². The van der Waals surface area contributed by atoms with Crippen LogP contribution in [0.2, 0.25) is 0 Å². The van der Waals surface area contributed by atoms with Crippen LogP contribution in [0.5, 0.6) is 5.75 Å². The van der Waals surface area contributed by atoms with Crippen molar-refractivity contribution in [1.82, 2.24) is 10.2 Å². The van der Waals surface area contributed by atoms with E-state index in [4.69, 9.17) is 0 Å². The molecule has 3 N–H and O–H groups in total. The topological polar surface area (TPSA) is 81.7 Å². The van der Waals surface area contributed by atoms with Crippen molar-refractivity contribution in [2.24, 2.45) is 5.92 Å². The minimum absolute atomic E-state index is 0.0163. The van der Waals surface area contributed by atoms with Crippen LogP contribution in [0.1, 0.15) is 63.9 Å². The minimum Gasteiger partial charge on any atom is -0.505 e. The van der Waals surface area contributed by atoms with E-state index in [1.54, 1.807) is 26.2 Å². The number of ketones is 1. The number of aryl methyl sites for hydroxylation is 1. The fraction of sp³-hybridized carbons (Fsp3) is 0.545. The monoisotopic (exact) mass is 391 g/mol. The number of amides is 1. The third-order valence-electron chi connectivity index (χ3n) is 3.46. The first-order chi connectivity index (χ1) is 13.1. The molecule has 1 aliphatic carbocycles. The van der Waals surface area contributed by atoms with Gasteiger partial charge in [0.15, 0.2) is 11.5 Å². The summed E-state index contributed by atoms with van der Waals surface area (Å²) >= 11 is 0. The van der Waals surface area contributed by atoms with Gasteiger partial charge in [-0.25, -0.2) is 0 Å². The fourth-order valence-corrected chi connectivity index (χ4v) is 2.32. The van der Waals surface area contributed by atoms with Crippen molar-refractivity contribution in [3.8, 4) is 5.75 Å². The second-order valence-corrected chi connectivity index (χ2v) is 7.25. The Labute approximate surface area is 170 Å². The number of allylic oxidation sites excluding steroid dienone is 2. The number of nitrogens with zero attached hydrogens (tertiary/aromatic N) is 1. The highest BCUT2D eigenvalue weighted by atomic mass is 16.3. The number of hydrogen-bond donors (Lipinski definition) is 3. The number of nitrogens with one attached hydrogen (secondary N) is 2. The normalized spacial score (nSPS) is 12.3. The maximum Gasteiger partial charge on any atom is 0.257 e. The zero-order chi connectivity index (χ0) is 22.0. The Morgan fingerprint density at radius 1 is 1.21 bits per heavy atom. The molecule has 1 aromatic carbocycles. The van der Waals surface area contributed by atoms with Crippen molar-refractivity contribution in [2.75, 3.05) is 26.0 Å². The van der Waals surface area contributed by atoms with E-state index in [2.05, 4.69) is 31.4 Å². The molecule has 0 fully saturated rings. The van der Waals surface area contributed by atoms with Gasteiger partial charge in [0.1, 0.15) is 5.70 Å². The molecular weight excluding hydrogens is 354 g/mol. The molecule has 28 heavy (non-hydrogen) atoms. The minimum atomic E-state index is -0.287. The molecule has 158 valence electrons. The summed E-state index contributed by atoms with van der Waals surface area (Å²) in [5.41, 5.74) is 2.68. The Bertz CT molecular complexity index is 704. The average molecular weight is 392 g/mol. The van der Waals surface area contributed by atoms with E-state index < -0.39 is 0 Å². The van der Waals surface area contributed by atoms with Gasteiger partial charge in [-0.1, -0.05) is 34.6 Å². The summed E-state index contributed by atoms with van der Waals surface area (Å²) in [6.45, 7) is 15.0. The Balaban J connectivity index is 0.00000108. The van der Waals surface area contributed by atoms with Crippen LogP contribution in [0.15, 0.2) is 23.5 Å². The molecule has 0 spiro atoms. The SMILES string of the molecule is CC.CC(C)C.CCNC1=C(Nc2cc(C)cc(C(=O)N(C)C)c2O)C(=O)C1. The number of carbonyl (C=O) groups is 2. The van der Waals surface area contributed by atoms with E-state index in [1.807, 2.05) is 27.7 Å². The number of rotatable bonds is 5. The molecule has 1 aromatic rings. The molecule has 0 radical (unpaired) electrons. The third-order valence-corrected chi connectivity index (χ3v) is 3.46. The van der Waals surface area contributed by atoms with Crippen LogP contribution in [0, 0.1) is 12.8 Å². The third kappa shape index (κ3) is 7.25. The zero-order valence-corrected chi connectivity index (χ0v) is 18.9. The number of aromatic hydroxyl groups is 1. The van der Waals surface area contributed by atoms with Crippen molar-refractivity contribution in [3.05, 3.63) is 34.7 Å². The quantitative estimate of drug-likeness (QED) is 0.652. The number of anilines is 1. The van der Waals surface area contributed by atoms with Gasteiger partial charge in [0, 0.05) is 26.3 Å². The molecule has 6 nitrogen and oxygen atoms in total. The lowest BCUT2D eigenvalue weighted by Gasteiger charge is -2.25. The van der Waals surface area contributed by atoms with Gasteiger partial charge in [-0.2, -0.15) is 0 Å². The summed E-state index contributed by atoms with van der Waals surface area (Å²) in [5.74, 6) is 0.384. The van der Waals surface area contributed by atoms with Crippen LogP contribution >= 0.6 is 0 Å². The molecule has 0 bridgehead atoms. The molecule has 0 aliphatic heterocycles. The Morgan fingerprint density at radius 3 is 2.18 bits per heavy atom. The summed E-state index contributed by atoms with van der Waals surface area (Å²) in [6, 6.07) is 3.34. The number of hydrogen-bond acceptors (Lipinski definition) is 5. The summed E-state index contributed by atoms with van der Waals surface area (Å²) in [4.78, 5) is 25.2. The molecular formula is C22H37N3O3. The lowest BCUT2D eigenvalue weighted by molar-refractivity contribution is -0.116. The van der Waals surface area contributed by atoms with E-state index >= 15 is 0 Å². The fourth-order valence-electron chi connectivity index (χ4n) is 2.32. The molecule has 0 aromatic heterocycles. The number of benzene rings is 1. The van der Waals surface area contributed by atoms with Gasteiger partial charge in [-0.15, -0.1) is 0 Å². The van der Waals surface area contributed by atoms with Crippen molar-refractivity contribution in [2.45, 2.75) is 54.9 Å².